The number of benzene rings is 2. The van der Waals surface area contributed by atoms with E-state index in [1.54, 1.807) is 4.90 Å². The topological polar surface area (TPSA) is 50.8 Å². The van der Waals surface area contributed by atoms with Crippen LogP contribution in [0.15, 0.2) is 36.4 Å². The lowest BCUT2D eigenvalue weighted by molar-refractivity contribution is 0.207. The molecule has 2 amide bonds. The molecule has 1 atom stereocenters. The number of amides is 2. The van der Waals surface area contributed by atoms with Gasteiger partial charge in [0.25, 0.3) is 0 Å². The van der Waals surface area contributed by atoms with Crippen molar-refractivity contribution in [3.63, 3.8) is 0 Å². The number of anilines is 1. The fourth-order valence-electron chi connectivity index (χ4n) is 3.52. The maximum atomic E-state index is 13.8. The Morgan fingerprint density at radius 2 is 1.85 bits per heavy atom. The average molecular weight is 374 g/mol. The number of ether oxygens (including phenoxy) is 2. The quantitative estimate of drug-likeness (QED) is 0.842. The molecule has 2 aromatic carbocycles. The Kier molecular flexibility index (Phi) is 4.83. The lowest BCUT2D eigenvalue weighted by Gasteiger charge is -2.26. The van der Waals surface area contributed by atoms with Crippen LogP contribution in [0.2, 0.25) is 0 Å². The zero-order chi connectivity index (χ0) is 18.8. The molecule has 5 nitrogen and oxygen atoms in total. The number of fused-ring (bicyclic) bond motifs is 1. The SMILES string of the molecule is O=C(Nc1ccc(F)cc1F)N1CCCC1c1ccc2c(c1)OCCCO2. The van der Waals surface area contributed by atoms with E-state index in [1.807, 2.05) is 18.2 Å². The predicted molar refractivity (Wildman–Crippen MR) is 96.1 cm³/mol. The summed E-state index contributed by atoms with van der Waals surface area (Å²) in [5.41, 5.74) is 0.914. The maximum absolute atomic E-state index is 13.8. The highest BCUT2D eigenvalue weighted by atomic mass is 19.1. The molecule has 0 saturated carbocycles. The molecule has 2 aromatic rings. The number of rotatable bonds is 2. The van der Waals surface area contributed by atoms with Gasteiger partial charge < -0.3 is 19.7 Å². The summed E-state index contributed by atoms with van der Waals surface area (Å²) in [6.07, 6.45) is 2.47. The molecule has 2 heterocycles. The van der Waals surface area contributed by atoms with Gasteiger partial charge in [0, 0.05) is 19.0 Å². The van der Waals surface area contributed by atoms with Crippen LogP contribution in [0.3, 0.4) is 0 Å². The van der Waals surface area contributed by atoms with Gasteiger partial charge in [0.05, 0.1) is 24.9 Å². The van der Waals surface area contributed by atoms with Gasteiger partial charge in [-0.2, -0.15) is 0 Å². The lowest BCUT2D eigenvalue weighted by atomic mass is 10.0. The molecule has 0 aromatic heterocycles. The van der Waals surface area contributed by atoms with Gasteiger partial charge >= 0.3 is 6.03 Å². The van der Waals surface area contributed by atoms with Gasteiger partial charge in [-0.25, -0.2) is 13.6 Å². The normalized spacial score (nSPS) is 18.9. The third-order valence-corrected chi connectivity index (χ3v) is 4.84. The van der Waals surface area contributed by atoms with Crippen molar-refractivity contribution < 1.29 is 23.0 Å². The molecule has 1 fully saturated rings. The van der Waals surface area contributed by atoms with Crippen LogP contribution in [0.1, 0.15) is 30.9 Å². The van der Waals surface area contributed by atoms with E-state index in [-0.39, 0.29) is 11.7 Å². The van der Waals surface area contributed by atoms with Gasteiger partial charge in [0.1, 0.15) is 11.6 Å². The molecular weight excluding hydrogens is 354 g/mol. The Balaban J connectivity index is 1.53. The van der Waals surface area contributed by atoms with Crippen molar-refractivity contribution in [3.8, 4) is 11.5 Å². The summed E-state index contributed by atoms with van der Waals surface area (Å²) in [6, 6.07) is 8.26. The van der Waals surface area contributed by atoms with E-state index in [1.165, 1.54) is 6.07 Å². The van der Waals surface area contributed by atoms with Crippen LogP contribution in [-0.2, 0) is 0 Å². The van der Waals surface area contributed by atoms with E-state index < -0.39 is 17.7 Å². The Labute approximate surface area is 155 Å². The smallest absolute Gasteiger partial charge is 0.322 e. The number of urea groups is 1. The predicted octanol–water partition coefficient (Wildman–Crippen LogP) is 4.50. The van der Waals surface area contributed by atoms with Crippen molar-refractivity contribution in [3.05, 3.63) is 53.6 Å². The third-order valence-electron chi connectivity index (χ3n) is 4.84. The summed E-state index contributed by atoms with van der Waals surface area (Å²) in [7, 11) is 0. The summed E-state index contributed by atoms with van der Waals surface area (Å²) < 4.78 is 38.3. The van der Waals surface area contributed by atoms with Gasteiger partial charge in [0.2, 0.25) is 0 Å². The number of halogens is 2. The first-order valence-corrected chi connectivity index (χ1v) is 9.04. The van der Waals surface area contributed by atoms with Crippen molar-refractivity contribution in [1.82, 2.24) is 4.90 Å². The van der Waals surface area contributed by atoms with E-state index in [0.29, 0.717) is 31.3 Å². The summed E-state index contributed by atoms with van der Waals surface area (Å²) >= 11 is 0. The summed E-state index contributed by atoms with van der Waals surface area (Å²) in [4.78, 5) is 14.3. The molecule has 4 rings (SSSR count). The Hall–Kier alpha value is -2.83. The zero-order valence-electron chi connectivity index (χ0n) is 14.7. The molecule has 2 aliphatic heterocycles. The highest BCUT2D eigenvalue weighted by Gasteiger charge is 2.31. The van der Waals surface area contributed by atoms with E-state index >= 15 is 0 Å². The first-order valence-electron chi connectivity index (χ1n) is 9.04. The monoisotopic (exact) mass is 374 g/mol. The van der Waals surface area contributed by atoms with Crippen molar-refractivity contribution in [2.45, 2.75) is 25.3 Å². The Bertz CT molecular complexity index is 859. The van der Waals surface area contributed by atoms with E-state index in [2.05, 4.69) is 5.32 Å². The van der Waals surface area contributed by atoms with E-state index in [4.69, 9.17) is 9.47 Å². The molecular formula is C20H20F2N2O3. The first-order chi connectivity index (χ1) is 13.1. The number of hydrogen-bond acceptors (Lipinski definition) is 3. The summed E-state index contributed by atoms with van der Waals surface area (Å²) in [6.45, 7) is 1.77. The fraction of sp³-hybridized carbons (Fsp3) is 0.350. The molecule has 2 aliphatic rings. The van der Waals surface area contributed by atoms with Crippen molar-refractivity contribution in [2.24, 2.45) is 0 Å². The molecule has 0 bridgehead atoms. The van der Waals surface area contributed by atoms with Crippen LogP contribution >= 0.6 is 0 Å². The largest absolute Gasteiger partial charge is 0.490 e. The van der Waals surface area contributed by atoms with Crippen LogP contribution in [-0.4, -0.2) is 30.7 Å². The van der Waals surface area contributed by atoms with Crippen molar-refractivity contribution in [1.29, 1.82) is 0 Å². The highest BCUT2D eigenvalue weighted by molar-refractivity contribution is 5.90. The number of carbonyl (C=O) groups excluding carboxylic acids is 1. The standard InChI is InChI=1S/C20H20F2N2O3/c21-14-5-6-16(15(22)12-14)23-20(25)24-8-1-3-17(24)13-4-7-18-19(11-13)27-10-2-9-26-18/h4-7,11-12,17H,1-3,8-10H2,(H,23,25). The average Bonchev–Trinajstić information content (AvgIpc) is 3.03. The van der Waals surface area contributed by atoms with Crippen LogP contribution in [0.25, 0.3) is 0 Å². The van der Waals surface area contributed by atoms with Crippen LogP contribution in [0.5, 0.6) is 11.5 Å². The van der Waals surface area contributed by atoms with E-state index in [0.717, 1.165) is 37.0 Å². The second-order valence-electron chi connectivity index (χ2n) is 6.66. The highest BCUT2D eigenvalue weighted by Crippen LogP contribution is 2.38. The molecule has 1 N–H and O–H groups in total. The van der Waals surface area contributed by atoms with Gasteiger partial charge in [0.15, 0.2) is 11.5 Å². The van der Waals surface area contributed by atoms with Gasteiger partial charge in [-0.15, -0.1) is 0 Å². The molecule has 1 unspecified atom stereocenters. The first kappa shape index (κ1) is 17.6. The minimum Gasteiger partial charge on any atom is -0.490 e. The van der Waals surface area contributed by atoms with E-state index in [9.17, 15) is 13.6 Å². The second kappa shape index (κ2) is 7.42. The number of hydrogen-bond donors (Lipinski definition) is 1. The van der Waals surface area contributed by atoms with Crippen LogP contribution in [0.4, 0.5) is 19.3 Å². The van der Waals surface area contributed by atoms with Gasteiger partial charge in [-0.3, -0.25) is 0 Å². The van der Waals surface area contributed by atoms with Crippen LogP contribution in [0, 0.1) is 11.6 Å². The minimum atomic E-state index is -0.797. The number of carbonyl (C=O) groups is 1. The number of nitrogens with one attached hydrogen (secondary N) is 1. The lowest BCUT2D eigenvalue weighted by Crippen LogP contribution is -2.34. The minimum absolute atomic E-state index is 0.0364. The summed E-state index contributed by atoms with van der Waals surface area (Å²) in [5, 5.41) is 2.54. The van der Waals surface area contributed by atoms with Crippen LogP contribution < -0.4 is 14.8 Å². The van der Waals surface area contributed by atoms with Crippen molar-refractivity contribution in [2.75, 3.05) is 25.1 Å². The fourth-order valence-corrected chi connectivity index (χ4v) is 3.52. The van der Waals surface area contributed by atoms with Crippen molar-refractivity contribution >= 4 is 11.7 Å². The summed E-state index contributed by atoms with van der Waals surface area (Å²) in [5.74, 6) is -0.0908. The van der Waals surface area contributed by atoms with Gasteiger partial charge in [-0.1, -0.05) is 6.07 Å². The molecule has 0 aliphatic carbocycles. The molecule has 0 radical (unpaired) electrons. The zero-order valence-corrected chi connectivity index (χ0v) is 14.7. The molecule has 142 valence electrons. The van der Waals surface area contributed by atoms with Gasteiger partial charge in [-0.05, 0) is 42.7 Å². The molecule has 1 saturated heterocycles. The Morgan fingerprint density at radius 1 is 1.04 bits per heavy atom. The number of likely N-dealkylation sites (tertiary alicyclic amines) is 1. The third kappa shape index (κ3) is 3.67. The Morgan fingerprint density at radius 3 is 2.67 bits per heavy atom. The molecule has 27 heavy (non-hydrogen) atoms. The number of nitrogens with zero attached hydrogens (tertiary/aromatic N) is 1. The molecule has 7 heteroatoms. The second-order valence-corrected chi connectivity index (χ2v) is 6.66. The molecule has 0 spiro atoms. The maximum Gasteiger partial charge on any atom is 0.322 e.